The van der Waals surface area contributed by atoms with Crippen molar-refractivity contribution < 1.29 is 26.4 Å². The lowest BCUT2D eigenvalue weighted by molar-refractivity contribution is -0.137. The van der Waals surface area contributed by atoms with E-state index in [0.29, 0.717) is 5.56 Å². The van der Waals surface area contributed by atoms with Crippen LogP contribution in [0, 0.1) is 6.92 Å². The Hall–Kier alpha value is -2.63. The number of aryl methyl sites for hydroxylation is 1. The number of halogens is 4. The highest BCUT2D eigenvalue weighted by Gasteiger charge is 2.32. The number of fused-ring (bicyclic) bond motifs is 1. The number of imidazole rings is 1. The van der Waals surface area contributed by atoms with Gasteiger partial charge in [-0.15, -0.1) is 0 Å². The van der Waals surface area contributed by atoms with Crippen molar-refractivity contribution in [1.82, 2.24) is 14.7 Å². The highest BCUT2D eigenvalue weighted by molar-refractivity contribution is 7.89. The van der Waals surface area contributed by atoms with E-state index in [0.717, 1.165) is 16.7 Å². The fraction of sp³-hybridized carbons (Fsp3) is 0.176. The van der Waals surface area contributed by atoms with Crippen molar-refractivity contribution in [3.63, 3.8) is 0 Å². The quantitative estimate of drug-likeness (QED) is 0.642. The molecule has 1 aromatic carbocycles. The highest BCUT2D eigenvalue weighted by atomic mass is 35.5. The number of carbonyl (C=O) groups is 1. The third-order valence-corrected chi connectivity index (χ3v) is 5.30. The zero-order valence-electron chi connectivity index (χ0n) is 14.8. The summed E-state index contributed by atoms with van der Waals surface area (Å²) in [4.78, 5) is 16.6. The molecule has 0 aliphatic rings. The molecule has 0 saturated heterocycles. The van der Waals surface area contributed by atoms with Crippen molar-refractivity contribution in [1.29, 1.82) is 0 Å². The van der Waals surface area contributed by atoms with Crippen LogP contribution in [0.2, 0.25) is 5.02 Å². The predicted octanol–water partition coefficient (Wildman–Crippen LogP) is 2.89. The molecule has 3 rings (SSSR count). The molecule has 0 bridgehead atoms. The molecule has 7 nitrogen and oxygen atoms in total. The number of nitrogens with zero attached hydrogens (tertiary/aromatic N) is 2. The Balaban J connectivity index is 1.89. The number of rotatable bonds is 4. The standard InChI is InChI=1S/C17H14ClF3N4O3S/c1-9-14(25-8-11(17(19,20)21)6-13(18)15(25)24-9)16(26)23-7-10-2-4-12(5-3-10)29(22,27)28/h2-6,8H,7H2,1H3,(H,23,26)(H2,22,27,28). The van der Waals surface area contributed by atoms with Gasteiger partial charge >= 0.3 is 6.18 Å². The lowest BCUT2D eigenvalue weighted by Gasteiger charge is -2.10. The first-order valence-corrected chi connectivity index (χ1v) is 9.95. The van der Waals surface area contributed by atoms with Gasteiger partial charge in [0.25, 0.3) is 5.91 Å². The number of aromatic nitrogens is 2. The first-order chi connectivity index (χ1) is 13.4. The van der Waals surface area contributed by atoms with Crippen LogP contribution < -0.4 is 10.5 Å². The summed E-state index contributed by atoms with van der Waals surface area (Å²) >= 11 is 5.91. The minimum Gasteiger partial charge on any atom is -0.347 e. The number of pyridine rings is 1. The molecule has 0 radical (unpaired) electrons. The van der Waals surface area contributed by atoms with Gasteiger partial charge in [0.15, 0.2) is 5.65 Å². The fourth-order valence-electron chi connectivity index (χ4n) is 2.71. The summed E-state index contributed by atoms with van der Waals surface area (Å²) in [6.45, 7) is 1.48. The van der Waals surface area contributed by atoms with E-state index in [4.69, 9.17) is 16.7 Å². The Morgan fingerprint density at radius 2 is 1.90 bits per heavy atom. The molecule has 0 saturated carbocycles. The van der Waals surface area contributed by atoms with Gasteiger partial charge in [-0.1, -0.05) is 23.7 Å². The number of sulfonamides is 1. The van der Waals surface area contributed by atoms with Crippen LogP contribution in [0.4, 0.5) is 13.2 Å². The summed E-state index contributed by atoms with van der Waals surface area (Å²) in [5.41, 5.74) is -0.312. The number of nitrogens with two attached hydrogens (primary N) is 1. The Bertz CT molecular complexity index is 1210. The number of carbonyl (C=O) groups excluding carboxylic acids is 1. The largest absolute Gasteiger partial charge is 0.417 e. The number of hydrogen-bond donors (Lipinski definition) is 2. The number of primary sulfonamides is 1. The van der Waals surface area contributed by atoms with Gasteiger partial charge in [0.1, 0.15) is 5.69 Å². The Kier molecular flexibility index (Phi) is 5.32. The summed E-state index contributed by atoms with van der Waals surface area (Å²) in [7, 11) is -3.84. The van der Waals surface area contributed by atoms with E-state index < -0.39 is 27.7 Å². The molecule has 0 fully saturated rings. The molecule has 2 aromatic heterocycles. The van der Waals surface area contributed by atoms with Crippen LogP contribution in [0.3, 0.4) is 0 Å². The van der Waals surface area contributed by atoms with Gasteiger partial charge in [-0.2, -0.15) is 13.2 Å². The van der Waals surface area contributed by atoms with Crippen LogP contribution in [0.5, 0.6) is 0 Å². The summed E-state index contributed by atoms with van der Waals surface area (Å²) in [6.07, 6.45) is -3.88. The average Bonchev–Trinajstić information content (AvgIpc) is 2.95. The van der Waals surface area contributed by atoms with Crippen LogP contribution in [0.25, 0.3) is 5.65 Å². The second kappa shape index (κ2) is 7.32. The lowest BCUT2D eigenvalue weighted by atomic mass is 10.2. The molecule has 0 unspecified atom stereocenters. The first kappa shape index (κ1) is 21.1. The SMILES string of the molecule is Cc1nc2c(Cl)cc(C(F)(F)F)cn2c1C(=O)NCc1ccc(S(N)(=O)=O)cc1. The average molecular weight is 447 g/mol. The second-order valence-corrected chi connectivity index (χ2v) is 8.15. The van der Waals surface area contributed by atoms with E-state index in [1.54, 1.807) is 0 Å². The summed E-state index contributed by atoms with van der Waals surface area (Å²) < 4.78 is 62.8. The van der Waals surface area contributed by atoms with E-state index in [1.165, 1.54) is 31.2 Å². The molecule has 0 aliphatic carbocycles. The molecule has 29 heavy (non-hydrogen) atoms. The third kappa shape index (κ3) is 4.36. The van der Waals surface area contributed by atoms with Crippen LogP contribution in [-0.2, 0) is 22.7 Å². The van der Waals surface area contributed by atoms with Crippen molar-refractivity contribution >= 4 is 33.2 Å². The molecular weight excluding hydrogens is 433 g/mol. The normalized spacial score (nSPS) is 12.3. The van der Waals surface area contributed by atoms with Crippen molar-refractivity contribution in [2.24, 2.45) is 5.14 Å². The Morgan fingerprint density at radius 1 is 1.28 bits per heavy atom. The number of nitrogens with one attached hydrogen (secondary N) is 1. The number of benzene rings is 1. The number of amides is 1. The van der Waals surface area contributed by atoms with Crippen LogP contribution in [0.1, 0.15) is 27.3 Å². The van der Waals surface area contributed by atoms with Gasteiger partial charge in [0.2, 0.25) is 10.0 Å². The summed E-state index contributed by atoms with van der Waals surface area (Å²) in [5.74, 6) is -0.666. The Labute approximate surface area is 168 Å². The van der Waals surface area contributed by atoms with Gasteiger partial charge in [-0.05, 0) is 30.7 Å². The zero-order valence-corrected chi connectivity index (χ0v) is 16.4. The molecule has 1 amide bonds. The molecule has 12 heteroatoms. The van der Waals surface area contributed by atoms with Gasteiger partial charge in [-0.25, -0.2) is 18.5 Å². The highest BCUT2D eigenvalue weighted by Crippen LogP contribution is 2.33. The van der Waals surface area contributed by atoms with Gasteiger partial charge < -0.3 is 5.32 Å². The fourth-order valence-corrected chi connectivity index (χ4v) is 3.48. The topological polar surface area (TPSA) is 107 Å². The van der Waals surface area contributed by atoms with E-state index >= 15 is 0 Å². The van der Waals surface area contributed by atoms with Gasteiger partial charge in [0.05, 0.1) is 21.2 Å². The maximum atomic E-state index is 13.1. The Morgan fingerprint density at radius 3 is 2.45 bits per heavy atom. The lowest BCUT2D eigenvalue weighted by Crippen LogP contribution is -2.25. The van der Waals surface area contributed by atoms with E-state index in [1.807, 2.05) is 0 Å². The zero-order chi connectivity index (χ0) is 21.6. The maximum Gasteiger partial charge on any atom is 0.417 e. The molecular formula is C17H14ClF3N4O3S. The predicted molar refractivity (Wildman–Crippen MR) is 98.9 cm³/mol. The van der Waals surface area contributed by atoms with Gasteiger partial charge in [-0.3, -0.25) is 9.20 Å². The molecule has 0 atom stereocenters. The molecule has 0 aliphatic heterocycles. The van der Waals surface area contributed by atoms with Crippen molar-refractivity contribution in [3.05, 3.63) is 64.1 Å². The van der Waals surface area contributed by atoms with Crippen LogP contribution in [-0.4, -0.2) is 23.7 Å². The monoisotopic (exact) mass is 446 g/mol. The van der Waals surface area contributed by atoms with E-state index in [9.17, 15) is 26.4 Å². The second-order valence-electron chi connectivity index (χ2n) is 6.19. The number of alkyl halides is 3. The van der Waals surface area contributed by atoms with Crippen LogP contribution in [0.15, 0.2) is 41.4 Å². The van der Waals surface area contributed by atoms with Crippen molar-refractivity contribution in [2.75, 3.05) is 0 Å². The van der Waals surface area contributed by atoms with Crippen molar-refractivity contribution in [3.8, 4) is 0 Å². The van der Waals surface area contributed by atoms with E-state index in [-0.39, 0.29) is 33.5 Å². The minimum atomic E-state index is -4.64. The minimum absolute atomic E-state index is 0.00307. The van der Waals surface area contributed by atoms with Crippen LogP contribution >= 0.6 is 11.6 Å². The third-order valence-electron chi connectivity index (χ3n) is 4.10. The number of hydrogen-bond acceptors (Lipinski definition) is 4. The smallest absolute Gasteiger partial charge is 0.347 e. The van der Waals surface area contributed by atoms with E-state index in [2.05, 4.69) is 10.3 Å². The first-order valence-electron chi connectivity index (χ1n) is 8.03. The summed E-state index contributed by atoms with van der Waals surface area (Å²) in [5, 5.41) is 7.35. The van der Waals surface area contributed by atoms with Crippen molar-refractivity contribution in [2.45, 2.75) is 24.5 Å². The molecule has 3 N–H and O–H groups in total. The maximum absolute atomic E-state index is 13.1. The molecule has 154 valence electrons. The summed E-state index contributed by atoms with van der Waals surface area (Å²) in [6, 6.07) is 6.23. The van der Waals surface area contributed by atoms with Gasteiger partial charge in [0, 0.05) is 12.7 Å². The molecule has 0 spiro atoms. The molecule has 2 heterocycles. The molecule has 3 aromatic rings.